The number of aliphatic imine (C=N–C) groups is 1. The van der Waals surface area contributed by atoms with Crippen molar-refractivity contribution in [2.75, 3.05) is 52.4 Å². The van der Waals surface area contributed by atoms with Gasteiger partial charge in [-0.1, -0.05) is 12.8 Å². The Morgan fingerprint density at radius 1 is 1.10 bits per heavy atom. The van der Waals surface area contributed by atoms with Crippen LogP contribution in [0.3, 0.4) is 0 Å². The van der Waals surface area contributed by atoms with Crippen LogP contribution in [0.2, 0.25) is 0 Å². The number of methoxy groups -OCH3 is 3. The van der Waals surface area contributed by atoms with Crippen LogP contribution in [-0.4, -0.2) is 65.5 Å². The molecule has 1 aliphatic rings. The fraction of sp³-hybridized carbons (Fsp3) is 0.652. The maximum absolute atomic E-state index is 11.1. The van der Waals surface area contributed by atoms with Gasteiger partial charge in [-0.25, -0.2) is 0 Å². The number of hydrogen-bond donors (Lipinski definition) is 2. The second-order valence-corrected chi connectivity index (χ2v) is 7.65. The van der Waals surface area contributed by atoms with Crippen molar-refractivity contribution >= 4 is 17.6 Å². The van der Waals surface area contributed by atoms with Crippen molar-refractivity contribution in [1.82, 2.24) is 10.6 Å². The highest BCUT2D eigenvalue weighted by atomic mass is 16.5. The molecule has 1 aromatic rings. The van der Waals surface area contributed by atoms with Crippen molar-refractivity contribution in [1.29, 1.82) is 0 Å². The molecular formula is C23H38N4O4. The van der Waals surface area contributed by atoms with Crippen LogP contribution in [0.5, 0.6) is 11.5 Å². The Morgan fingerprint density at radius 2 is 1.81 bits per heavy atom. The summed E-state index contributed by atoms with van der Waals surface area (Å²) in [7, 11) is 4.78. The van der Waals surface area contributed by atoms with E-state index < -0.39 is 0 Å². The van der Waals surface area contributed by atoms with E-state index in [4.69, 9.17) is 14.5 Å². The zero-order valence-electron chi connectivity index (χ0n) is 19.4. The molecule has 174 valence electrons. The molecule has 0 spiro atoms. The zero-order valence-corrected chi connectivity index (χ0v) is 19.4. The number of guanidine groups is 1. The van der Waals surface area contributed by atoms with Crippen molar-refractivity contribution in [3.8, 4) is 11.5 Å². The molecule has 0 saturated carbocycles. The van der Waals surface area contributed by atoms with E-state index in [0.717, 1.165) is 81.4 Å². The standard InChI is InChI=1S/C23H38N4O4/c1-5-24-23(25-12-9-7-6-8-10-22(28)31-4)26-18-11-13-27(17-18)19-14-20(29-2)16-21(15-19)30-3/h14-16,18H,5-13,17H2,1-4H3,(H2,24,25,26). The van der Waals surface area contributed by atoms with Crippen molar-refractivity contribution < 1.29 is 19.0 Å². The Hall–Kier alpha value is -2.64. The molecule has 1 atom stereocenters. The van der Waals surface area contributed by atoms with Gasteiger partial charge in [0.2, 0.25) is 0 Å². The summed E-state index contributed by atoms with van der Waals surface area (Å²) in [5.41, 5.74) is 1.11. The van der Waals surface area contributed by atoms with Gasteiger partial charge in [-0.15, -0.1) is 0 Å². The van der Waals surface area contributed by atoms with Gasteiger partial charge in [0.15, 0.2) is 5.96 Å². The van der Waals surface area contributed by atoms with Gasteiger partial charge in [0.05, 0.1) is 21.3 Å². The van der Waals surface area contributed by atoms with Crippen molar-refractivity contribution in [2.24, 2.45) is 4.99 Å². The van der Waals surface area contributed by atoms with E-state index in [1.54, 1.807) is 14.2 Å². The van der Waals surface area contributed by atoms with Crippen molar-refractivity contribution in [2.45, 2.75) is 51.5 Å². The lowest BCUT2D eigenvalue weighted by Crippen LogP contribution is -2.44. The van der Waals surface area contributed by atoms with E-state index in [9.17, 15) is 4.79 Å². The van der Waals surface area contributed by atoms with Gasteiger partial charge in [-0.05, 0) is 26.2 Å². The number of nitrogens with one attached hydrogen (secondary N) is 2. The molecular weight excluding hydrogens is 396 g/mol. The van der Waals surface area contributed by atoms with E-state index >= 15 is 0 Å². The van der Waals surface area contributed by atoms with Gasteiger partial charge in [-0.2, -0.15) is 0 Å². The third kappa shape index (κ3) is 8.55. The summed E-state index contributed by atoms with van der Waals surface area (Å²) in [6, 6.07) is 6.31. The lowest BCUT2D eigenvalue weighted by Gasteiger charge is -2.21. The molecule has 0 aliphatic carbocycles. The second kappa shape index (κ2) is 13.6. The highest BCUT2D eigenvalue weighted by Crippen LogP contribution is 2.30. The van der Waals surface area contributed by atoms with Crippen molar-refractivity contribution in [3.05, 3.63) is 18.2 Å². The average Bonchev–Trinajstić information content (AvgIpc) is 3.26. The topological polar surface area (TPSA) is 84.4 Å². The fourth-order valence-corrected chi connectivity index (χ4v) is 3.63. The van der Waals surface area contributed by atoms with Crippen molar-refractivity contribution in [3.63, 3.8) is 0 Å². The number of hydrogen-bond acceptors (Lipinski definition) is 6. The van der Waals surface area contributed by atoms with Gasteiger partial charge in [0.25, 0.3) is 0 Å². The molecule has 2 N–H and O–H groups in total. The van der Waals surface area contributed by atoms with E-state index in [0.29, 0.717) is 12.5 Å². The van der Waals surface area contributed by atoms with Gasteiger partial charge < -0.3 is 29.7 Å². The summed E-state index contributed by atoms with van der Waals surface area (Å²) < 4.78 is 15.5. The molecule has 2 rings (SSSR count). The predicted molar refractivity (Wildman–Crippen MR) is 124 cm³/mol. The van der Waals surface area contributed by atoms with Gasteiger partial charge in [0.1, 0.15) is 11.5 Å². The Bertz CT molecular complexity index is 689. The number of carbonyl (C=O) groups is 1. The van der Waals surface area contributed by atoms with Crippen LogP contribution in [-0.2, 0) is 9.53 Å². The molecule has 1 aromatic carbocycles. The Labute approximate surface area is 186 Å². The van der Waals surface area contributed by atoms with Crippen LogP contribution < -0.4 is 25.0 Å². The number of carbonyl (C=O) groups excluding carboxylic acids is 1. The molecule has 1 unspecified atom stereocenters. The number of esters is 1. The first-order valence-electron chi connectivity index (χ1n) is 11.2. The molecule has 0 bridgehead atoms. The number of anilines is 1. The van der Waals surface area contributed by atoms with E-state index in [-0.39, 0.29) is 5.97 Å². The first kappa shape index (κ1) is 24.6. The van der Waals surface area contributed by atoms with Crippen LogP contribution >= 0.6 is 0 Å². The average molecular weight is 435 g/mol. The number of ether oxygens (including phenoxy) is 3. The maximum atomic E-state index is 11.1. The first-order valence-corrected chi connectivity index (χ1v) is 11.2. The molecule has 8 nitrogen and oxygen atoms in total. The van der Waals surface area contributed by atoms with Crippen LogP contribution in [0.1, 0.15) is 45.4 Å². The maximum Gasteiger partial charge on any atom is 0.305 e. The second-order valence-electron chi connectivity index (χ2n) is 7.65. The number of rotatable bonds is 12. The monoisotopic (exact) mass is 434 g/mol. The third-order valence-corrected chi connectivity index (χ3v) is 5.36. The summed E-state index contributed by atoms with van der Waals surface area (Å²) in [4.78, 5) is 18.2. The SMILES string of the molecule is CCNC(=NCCCCCCC(=O)OC)NC1CCN(c2cc(OC)cc(OC)c2)C1. The number of benzene rings is 1. The molecule has 0 radical (unpaired) electrons. The lowest BCUT2D eigenvalue weighted by molar-refractivity contribution is -0.140. The predicted octanol–water partition coefficient (Wildman–Crippen LogP) is 2.96. The Morgan fingerprint density at radius 3 is 2.45 bits per heavy atom. The highest BCUT2D eigenvalue weighted by Gasteiger charge is 2.24. The normalized spacial score (nSPS) is 16.2. The smallest absolute Gasteiger partial charge is 0.305 e. The summed E-state index contributed by atoms with van der Waals surface area (Å²) in [5.74, 6) is 2.33. The van der Waals surface area contributed by atoms with E-state index in [2.05, 4.69) is 27.2 Å². The lowest BCUT2D eigenvalue weighted by atomic mass is 10.1. The molecule has 8 heteroatoms. The highest BCUT2D eigenvalue weighted by molar-refractivity contribution is 5.80. The Balaban J connectivity index is 1.80. The minimum Gasteiger partial charge on any atom is -0.497 e. The fourth-order valence-electron chi connectivity index (χ4n) is 3.63. The van der Waals surface area contributed by atoms with E-state index in [1.165, 1.54) is 7.11 Å². The third-order valence-electron chi connectivity index (χ3n) is 5.36. The molecule has 1 saturated heterocycles. The summed E-state index contributed by atoms with van der Waals surface area (Å²) in [6.07, 6.45) is 5.52. The van der Waals surface area contributed by atoms with Gasteiger partial charge in [0, 0.05) is 62.5 Å². The minimum absolute atomic E-state index is 0.130. The largest absolute Gasteiger partial charge is 0.497 e. The summed E-state index contributed by atoms with van der Waals surface area (Å²) in [6.45, 7) is 5.54. The number of nitrogens with zero attached hydrogens (tertiary/aromatic N) is 2. The molecule has 1 aliphatic heterocycles. The number of unbranched alkanes of at least 4 members (excludes halogenated alkanes) is 3. The van der Waals surface area contributed by atoms with Crippen LogP contribution in [0.25, 0.3) is 0 Å². The van der Waals surface area contributed by atoms with Gasteiger partial charge >= 0.3 is 5.97 Å². The molecule has 0 amide bonds. The Kier molecular flexibility index (Phi) is 10.8. The van der Waals surface area contributed by atoms with Crippen LogP contribution in [0.15, 0.2) is 23.2 Å². The first-order chi connectivity index (χ1) is 15.1. The van der Waals surface area contributed by atoms with E-state index in [1.807, 2.05) is 18.2 Å². The minimum atomic E-state index is -0.130. The summed E-state index contributed by atoms with van der Waals surface area (Å²) in [5, 5.41) is 6.92. The van der Waals surface area contributed by atoms with Crippen LogP contribution in [0, 0.1) is 0 Å². The quantitative estimate of drug-likeness (QED) is 0.226. The molecule has 1 fully saturated rings. The molecule has 31 heavy (non-hydrogen) atoms. The molecule has 1 heterocycles. The molecule has 0 aromatic heterocycles. The summed E-state index contributed by atoms with van der Waals surface area (Å²) >= 11 is 0. The van der Waals surface area contributed by atoms with Gasteiger partial charge in [-0.3, -0.25) is 9.79 Å². The zero-order chi connectivity index (χ0) is 22.5. The van der Waals surface area contributed by atoms with Crippen LogP contribution in [0.4, 0.5) is 5.69 Å².